The van der Waals surface area contributed by atoms with E-state index in [4.69, 9.17) is 4.74 Å². The molecule has 0 aliphatic carbocycles. The monoisotopic (exact) mass is 231 g/mol. The van der Waals surface area contributed by atoms with Crippen LogP contribution in [0.15, 0.2) is 0 Å². The molecule has 0 aromatic carbocycles. The van der Waals surface area contributed by atoms with Crippen LogP contribution >= 0.6 is 0 Å². The third-order valence-electron chi connectivity index (χ3n) is 2.85. The summed E-state index contributed by atoms with van der Waals surface area (Å²) in [6.45, 7) is 8.01. The second-order valence-electron chi connectivity index (χ2n) is 4.78. The van der Waals surface area contributed by atoms with Crippen molar-refractivity contribution in [3.8, 4) is 0 Å². The van der Waals surface area contributed by atoms with Gasteiger partial charge in [0.1, 0.15) is 5.60 Å². The molecule has 2 N–H and O–H groups in total. The van der Waals surface area contributed by atoms with Crippen molar-refractivity contribution in [3.05, 3.63) is 0 Å². The van der Waals surface area contributed by atoms with Gasteiger partial charge in [-0.15, -0.1) is 0 Å². The van der Waals surface area contributed by atoms with Gasteiger partial charge in [-0.1, -0.05) is 20.8 Å². The number of amides is 1. The second-order valence-corrected chi connectivity index (χ2v) is 4.78. The van der Waals surface area contributed by atoms with Crippen molar-refractivity contribution < 1.29 is 14.6 Å². The van der Waals surface area contributed by atoms with E-state index in [1.54, 1.807) is 6.92 Å². The fourth-order valence-corrected chi connectivity index (χ4v) is 1.42. The van der Waals surface area contributed by atoms with Crippen LogP contribution in [0.25, 0.3) is 0 Å². The number of hydrogen-bond donors (Lipinski definition) is 2. The van der Waals surface area contributed by atoms with Crippen molar-refractivity contribution in [2.45, 2.75) is 52.2 Å². The molecule has 4 nitrogen and oxygen atoms in total. The van der Waals surface area contributed by atoms with E-state index in [1.165, 1.54) is 7.11 Å². The molecule has 0 fully saturated rings. The molecule has 0 saturated heterocycles. The predicted molar refractivity (Wildman–Crippen MR) is 64.2 cm³/mol. The Kier molecular flexibility index (Phi) is 6.60. The quantitative estimate of drug-likeness (QED) is 0.695. The minimum absolute atomic E-state index is 0.166. The smallest absolute Gasteiger partial charge is 0.252 e. The van der Waals surface area contributed by atoms with Gasteiger partial charge in [0.2, 0.25) is 0 Å². The summed E-state index contributed by atoms with van der Waals surface area (Å²) >= 11 is 0. The lowest BCUT2D eigenvalue weighted by atomic mass is 10.0. The molecule has 0 spiro atoms. The summed E-state index contributed by atoms with van der Waals surface area (Å²) in [5.74, 6) is 0.257. The van der Waals surface area contributed by atoms with Crippen molar-refractivity contribution in [3.63, 3.8) is 0 Å². The minimum atomic E-state index is -0.794. The molecule has 2 unspecified atom stereocenters. The lowest BCUT2D eigenvalue weighted by Crippen LogP contribution is -2.47. The SMILES string of the molecule is CCC(C)(OC)C(=O)NCC(O)CC(C)C. The first-order valence-electron chi connectivity index (χ1n) is 5.87. The average Bonchev–Trinajstić information content (AvgIpc) is 2.23. The Hall–Kier alpha value is -0.610. The average molecular weight is 231 g/mol. The van der Waals surface area contributed by atoms with Crippen molar-refractivity contribution in [2.24, 2.45) is 5.92 Å². The first-order valence-corrected chi connectivity index (χ1v) is 5.87. The van der Waals surface area contributed by atoms with E-state index in [2.05, 4.69) is 5.32 Å². The third kappa shape index (κ3) is 4.94. The fourth-order valence-electron chi connectivity index (χ4n) is 1.42. The summed E-state index contributed by atoms with van der Waals surface area (Å²) in [6, 6.07) is 0. The minimum Gasteiger partial charge on any atom is -0.391 e. The van der Waals surface area contributed by atoms with Crippen LogP contribution in [0.3, 0.4) is 0 Å². The summed E-state index contributed by atoms with van der Waals surface area (Å²) < 4.78 is 5.17. The Morgan fingerprint density at radius 2 is 2.06 bits per heavy atom. The summed E-state index contributed by atoms with van der Waals surface area (Å²) in [5, 5.41) is 12.3. The molecular formula is C12H25NO3. The number of nitrogens with one attached hydrogen (secondary N) is 1. The Balaban J connectivity index is 4.06. The summed E-state index contributed by atoms with van der Waals surface area (Å²) in [4.78, 5) is 11.8. The Morgan fingerprint density at radius 3 is 2.44 bits per heavy atom. The van der Waals surface area contributed by atoms with E-state index < -0.39 is 11.7 Å². The van der Waals surface area contributed by atoms with E-state index in [9.17, 15) is 9.90 Å². The topological polar surface area (TPSA) is 58.6 Å². The van der Waals surface area contributed by atoms with E-state index in [-0.39, 0.29) is 12.5 Å². The molecule has 0 aromatic rings. The van der Waals surface area contributed by atoms with E-state index in [1.807, 2.05) is 20.8 Å². The first-order chi connectivity index (χ1) is 7.35. The van der Waals surface area contributed by atoms with Gasteiger partial charge in [-0.05, 0) is 25.7 Å². The van der Waals surface area contributed by atoms with E-state index >= 15 is 0 Å². The van der Waals surface area contributed by atoms with Crippen molar-refractivity contribution >= 4 is 5.91 Å². The van der Waals surface area contributed by atoms with Crippen LogP contribution in [0.2, 0.25) is 0 Å². The Morgan fingerprint density at radius 1 is 1.50 bits per heavy atom. The molecule has 0 saturated carbocycles. The molecule has 2 atom stereocenters. The number of rotatable bonds is 7. The molecule has 0 bridgehead atoms. The van der Waals surface area contributed by atoms with Gasteiger partial charge in [-0.25, -0.2) is 0 Å². The maximum atomic E-state index is 11.8. The summed E-state index contributed by atoms with van der Waals surface area (Å²) in [5.41, 5.74) is -0.794. The molecule has 4 heteroatoms. The highest BCUT2D eigenvalue weighted by atomic mass is 16.5. The van der Waals surface area contributed by atoms with Gasteiger partial charge >= 0.3 is 0 Å². The summed E-state index contributed by atoms with van der Waals surface area (Å²) in [7, 11) is 1.52. The van der Waals surface area contributed by atoms with Crippen LogP contribution in [0.4, 0.5) is 0 Å². The zero-order valence-corrected chi connectivity index (χ0v) is 11.0. The molecule has 0 radical (unpaired) electrons. The molecule has 0 aliphatic rings. The highest BCUT2D eigenvalue weighted by molar-refractivity contribution is 5.84. The number of methoxy groups -OCH3 is 1. The van der Waals surface area contributed by atoms with Gasteiger partial charge in [0.05, 0.1) is 6.10 Å². The maximum Gasteiger partial charge on any atom is 0.252 e. The maximum absolute atomic E-state index is 11.8. The third-order valence-corrected chi connectivity index (χ3v) is 2.85. The molecule has 0 aromatic heterocycles. The summed E-state index contributed by atoms with van der Waals surface area (Å²) in [6.07, 6.45) is 0.813. The lowest BCUT2D eigenvalue weighted by molar-refractivity contribution is -0.142. The normalized spacial score (nSPS) is 16.9. The standard InChI is InChI=1S/C12H25NO3/c1-6-12(4,16-5)11(15)13-8-10(14)7-9(2)3/h9-10,14H,6-8H2,1-5H3,(H,13,15). The van der Waals surface area contributed by atoms with Crippen molar-refractivity contribution in [2.75, 3.05) is 13.7 Å². The van der Waals surface area contributed by atoms with Crippen LogP contribution in [-0.4, -0.2) is 36.4 Å². The van der Waals surface area contributed by atoms with Crippen molar-refractivity contribution in [1.29, 1.82) is 0 Å². The van der Waals surface area contributed by atoms with Crippen LogP contribution in [0.5, 0.6) is 0 Å². The number of carbonyl (C=O) groups is 1. The zero-order valence-electron chi connectivity index (χ0n) is 11.0. The van der Waals surface area contributed by atoms with E-state index in [0.29, 0.717) is 18.8 Å². The molecule has 0 heterocycles. The van der Waals surface area contributed by atoms with Crippen LogP contribution in [0.1, 0.15) is 40.5 Å². The van der Waals surface area contributed by atoms with Gasteiger partial charge in [-0.2, -0.15) is 0 Å². The molecule has 0 rings (SSSR count). The van der Waals surface area contributed by atoms with Crippen LogP contribution in [-0.2, 0) is 9.53 Å². The molecule has 16 heavy (non-hydrogen) atoms. The number of ether oxygens (including phenoxy) is 1. The number of carbonyl (C=O) groups excluding carboxylic acids is 1. The zero-order chi connectivity index (χ0) is 12.8. The van der Waals surface area contributed by atoms with Gasteiger partial charge in [0.15, 0.2) is 0 Å². The second kappa shape index (κ2) is 6.86. The first kappa shape index (κ1) is 15.4. The van der Waals surface area contributed by atoms with Gasteiger partial charge in [0, 0.05) is 13.7 Å². The van der Waals surface area contributed by atoms with Gasteiger partial charge in [-0.3, -0.25) is 4.79 Å². The fraction of sp³-hybridized carbons (Fsp3) is 0.917. The van der Waals surface area contributed by atoms with Gasteiger partial charge in [0.25, 0.3) is 5.91 Å². The predicted octanol–water partition coefficient (Wildman–Crippen LogP) is 1.32. The Labute approximate surface area is 98.4 Å². The number of hydrogen-bond acceptors (Lipinski definition) is 3. The molecular weight excluding hydrogens is 206 g/mol. The van der Waals surface area contributed by atoms with Crippen molar-refractivity contribution in [1.82, 2.24) is 5.32 Å². The number of aliphatic hydroxyl groups excluding tert-OH is 1. The van der Waals surface area contributed by atoms with Crippen LogP contribution < -0.4 is 5.32 Å². The van der Waals surface area contributed by atoms with Crippen LogP contribution in [0, 0.1) is 5.92 Å². The molecule has 0 aliphatic heterocycles. The largest absolute Gasteiger partial charge is 0.391 e. The highest BCUT2D eigenvalue weighted by Crippen LogP contribution is 2.13. The Bertz CT molecular complexity index is 212. The lowest BCUT2D eigenvalue weighted by Gasteiger charge is -2.26. The van der Waals surface area contributed by atoms with Gasteiger partial charge < -0.3 is 15.2 Å². The van der Waals surface area contributed by atoms with E-state index in [0.717, 1.165) is 0 Å². The molecule has 96 valence electrons. The molecule has 1 amide bonds. The number of aliphatic hydroxyl groups is 1. The highest BCUT2D eigenvalue weighted by Gasteiger charge is 2.30.